The third-order valence-electron chi connectivity index (χ3n) is 4.41. The van der Waals surface area contributed by atoms with E-state index in [-0.39, 0.29) is 18.0 Å². The summed E-state index contributed by atoms with van der Waals surface area (Å²) >= 11 is 0. The van der Waals surface area contributed by atoms with Crippen molar-refractivity contribution < 1.29 is 9.53 Å². The first-order valence-electron chi connectivity index (χ1n) is 9.15. The highest BCUT2D eigenvalue weighted by Gasteiger charge is 2.09. The molecular weight excluding hydrogens is 354 g/mol. The topological polar surface area (TPSA) is 73.2 Å². The fourth-order valence-electron chi connectivity index (χ4n) is 2.76. The van der Waals surface area contributed by atoms with Crippen LogP contribution in [0.2, 0.25) is 0 Å². The number of aromatic nitrogens is 2. The summed E-state index contributed by atoms with van der Waals surface area (Å²) in [6, 6.07) is 16.2. The predicted molar refractivity (Wildman–Crippen MR) is 110 cm³/mol. The molecule has 6 heteroatoms. The van der Waals surface area contributed by atoms with Crippen molar-refractivity contribution in [1.29, 1.82) is 0 Å². The first-order chi connectivity index (χ1) is 13.5. The Balaban J connectivity index is 1.76. The predicted octanol–water partition coefficient (Wildman–Crippen LogP) is 3.56. The minimum absolute atomic E-state index is 0.156. The molecule has 0 saturated heterocycles. The summed E-state index contributed by atoms with van der Waals surface area (Å²) in [7, 11) is 0. The van der Waals surface area contributed by atoms with Gasteiger partial charge in [-0.2, -0.15) is 5.10 Å². The molecule has 0 aliphatic heterocycles. The van der Waals surface area contributed by atoms with E-state index >= 15 is 0 Å². The third-order valence-corrected chi connectivity index (χ3v) is 4.41. The first-order valence-corrected chi connectivity index (χ1v) is 9.15. The van der Waals surface area contributed by atoms with Crippen LogP contribution in [0.1, 0.15) is 18.1 Å². The van der Waals surface area contributed by atoms with Crippen molar-refractivity contribution >= 4 is 11.6 Å². The van der Waals surface area contributed by atoms with E-state index in [1.54, 1.807) is 6.07 Å². The Bertz CT molecular complexity index is 1040. The van der Waals surface area contributed by atoms with E-state index < -0.39 is 0 Å². The lowest BCUT2D eigenvalue weighted by atomic mass is 10.1. The Morgan fingerprint density at radius 3 is 2.46 bits per heavy atom. The molecule has 0 unspecified atom stereocenters. The van der Waals surface area contributed by atoms with Crippen molar-refractivity contribution in [2.45, 2.75) is 27.3 Å². The highest BCUT2D eigenvalue weighted by Crippen LogP contribution is 2.20. The van der Waals surface area contributed by atoms with E-state index in [1.165, 1.54) is 10.7 Å². The summed E-state index contributed by atoms with van der Waals surface area (Å²) in [5.41, 5.74) is 4.06. The van der Waals surface area contributed by atoms with Gasteiger partial charge >= 0.3 is 0 Å². The quantitative estimate of drug-likeness (QED) is 0.713. The number of ether oxygens (including phenoxy) is 1. The maximum Gasteiger partial charge on any atom is 0.267 e. The standard InChI is InChI=1S/C22H23N3O3/c1-4-28-19-9-6-17(7-10-19)20-11-12-22(27)25(24-20)14-21(26)23-18-8-5-15(2)16(3)13-18/h5-13H,4,14H2,1-3H3,(H,23,26). The zero-order valence-corrected chi connectivity index (χ0v) is 16.2. The molecule has 0 atom stereocenters. The van der Waals surface area contributed by atoms with Gasteiger partial charge in [0.05, 0.1) is 12.3 Å². The number of hydrogen-bond donors (Lipinski definition) is 1. The molecule has 0 saturated carbocycles. The SMILES string of the molecule is CCOc1ccc(-c2ccc(=O)n(CC(=O)Nc3ccc(C)c(C)c3)n2)cc1. The Kier molecular flexibility index (Phi) is 5.89. The maximum absolute atomic E-state index is 12.4. The highest BCUT2D eigenvalue weighted by atomic mass is 16.5. The number of benzene rings is 2. The fourth-order valence-corrected chi connectivity index (χ4v) is 2.76. The maximum atomic E-state index is 12.4. The summed E-state index contributed by atoms with van der Waals surface area (Å²) in [6.45, 7) is 6.36. The van der Waals surface area contributed by atoms with Gasteiger partial charge in [0.2, 0.25) is 5.91 Å². The van der Waals surface area contributed by atoms with Crippen LogP contribution < -0.4 is 15.6 Å². The van der Waals surface area contributed by atoms with Gasteiger partial charge in [0.25, 0.3) is 5.56 Å². The van der Waals surface area contributed by atoms with Crippen LogP contribution in [0.25, 0.3) is 11.3 Å². The van der Waals surface area contributed by atoms with E-state index in [4.69, 9.17) is 4.74 Å². The lowest BCUT2D eigenvalue weighted by Crippen LogP contribution is -2.29. The summed E-state index contributed by atoms with van der Waals surface area (Å²) in [6.07, 6.45) is 0. The van der Waals surface area contributed by atoms with Crippen LogP contribution in [0.5, 0.6) is 5.75 Å². The second-order valence-corrected chi connectivity index (χ2v) is 6.52. The average molecular weight is 377 g/mol. The normalized spacial score (nSPS) is 10.5. The highest BCUT2D eigenvalue weighted by molar-refractivity contribution is 5.90. The van der Waals surface area contributed by atoms with E-state index in [2.05, 4.69) is 10.4 Å². The molecule has 1 N–H and O–H groups in total. The number of nitrogens with zero attached hydrogens (tertiary/aromatic N) is 2. The molecule has 0 aliphatic carbocycles. The molecule has 28 heavy (non-hydrogen) atoms. The number of carbonyl (C=O) groups is 1. The zero-order chi connectivity index (χ0) is 20.1. The second-order valence-electron chi connectivity index (χ2n) is 6.52. The van der Waals surface area contributed by atoms with Crippen LogP contribution in [0.3, 0.4) is 0 Å². The van der Waals surface area contributed by atoms with Crippen LogP contribution in [0, 0.1) is 13.8 Å². The summed E-state index contributed by atoms with van der Waals surface area (Å²) in [4.78, 5) is 24.5. The fraction of sp³-hybridized carbons (Fsp3) is 0.227. The molecule has 6 nitrogen and oxygen atoms in total. The molecule has 0 fully saturated rings. The van der Waals surface area contributed by atoms with Crippen LogP contribution in [-0.4, -0.2) is 22.3 Å². The Hall–Kier alpha value is -3.41. The van der Waals surface area contributed by atoms with E-state index in [0.717, 1.165) is 22.4 Å². The molecule has 0 spiro atoms. The number of hydrogen-bond acceptors (Lipinski definition) is 4. The Labute approximate surface area is 163 Å². The first kappa shape index (κ1) is 19.4. The van der Waals surface area contributed by atoms with Crippen molar-refractivity contribution in [2.75, 3.05) is 11.9 Å². The number of nitrogens with one attached hydrogen (secondary N) is 1. The molecule has 0 radical (unpaired) electrons. The summed E-state index contributed by atoms with van der Waals surface area (Å²) < 4.78 is 6.60. The number of anilines is 1. The van der Waals surface area contributed by atoms with Crippen molar-refractivity contribution in [3.8, 4) is 17.0 Å². The Morgan fingerprint density at radius 2 is 1.79 bits per heavy atom. The molecule has 144 valence electrons. The van der Waals surface area contributed by atoms with Gasteiger partial charge < -0.3 is 10.1 Å². The molecule has 0 bridgehead atoms. The number of rotatable bonds is 6. The molecule has 1 aromatic heterocycles. The minimum Gasteiger partial charge on any atom is -0.494 e. The minimum atomic E-state index is -0.329. The van der Waals surface area contributed by atoms with Crippen molar-refractivity contribution in [1.82, 2.24) is 9.78 Å². The van der Waals surface area contributed by atoms with Crippen LogP contribution >= 0.6 is 0 Å². The lowest BCUT2D eigenvalue weighted by Gasteiger charge is -2.10. The van der Waals surface area contributed by atoms with Crippen molar-refractivity contribution in [2.24, 2.45) is 0 Å². The largest absolute Gasteiger partial charge is 0.494 e. The molecule has 0 aliphatic rings. The van der Waals surface area contributed by atoms with Crippen LogP contribution in [0.4, 0.5) is 5.69 Å². The van der Waals surface area contributed by atoms with Gasteiger partial charge in [0, 0.05) is 17.3 Å². The monoisotopic (exact) mass is 377 g/mol. The van der Waals surface area contributed by atoms with Crippen molar-refractivity contribution in [3.63, 3.8) is 0 Å². The number of amides is 1. The van der Waals surface area contributed by atoms with Gasteiger partial charge in [-0.25, -0.2) is 4.68 Å². The number of aryl methyl sites for hydroxylation is 2. The van der Waals surface area contributed by atoms with Gasteiger partial charge in [0.15, 0.2) is 0 Å². The van der Waals surface area contributed by atoms with Gasteiger partial charge in [0.1, 0.15) is 12.3 Å². The zero-order valence-electron chi connectivity index (χ0n) is 16.2. The summed E-state index contributed by atoms with van der Waals surface area (Å²) in [5, 5.41) is 7.15. The van der Waals surface area contributed by atoms with E-state index in [0.29, 0.717) is 18.0 Å². The molecule has 3 aromatic rings. The summed E-state index contributed by atoms with van der Waals surface area (Å²) in [5.74, 6) is 0.467. The third kappa shape index (κ3) is 4.65. The molecular formula is C22H23N3O3. The molecule has 2 aromatic carbocycles. The average Bonchev–Trinajstić information content (AvgIpc) is 2.67. The van der Waals surface area contributed by atoms with E-state index in [1.807, 2.05) is 63.2 Å². The molecule has 1 heterocycles. The Morgan fingerprint density at radius 1 is 1.04 bits per heavy atom. The van der Waals surface area contributed by atoms with Gasteiger partial charge in [-0.15, -0.1) is 0 Å². The lowest BCUT2D eigenvalue weighted by molar-refractivity contribution is -0.117. The smallest absolute Gasteiger partial charge is 0.267 e. The molecule has 3 rings (SSSR count). The van der Waals surface area contributed by atoms with Crippen LogP contribution in [0.15, 0.2) is 59.4 Å². The van der Waals surface area contributed by atoms with Gasteiger partial charge in [-0.1, -0.05) is 6.07 Å². The number of carbonyl (C=O) groups excluding carboxylic acids is 1. The second kappa shape index (κ2) is 8.52. The van der Waals surface area contributed by atoms with E-state index in [9.17, 15) is 9.59 Å². The molecule has 1 amide bonds. The van der Waals surface area contributed by atoms with Crippen molar-refractivity contribution in [3.05, 3.63) is 76.1 Å². The van der Waals surface area contributed by atoms with Crippen LogP contribution in [-0.2, 0) is 11.3 Å². The van der Waals surface area contributed by atoms with Gasteiger partial charge in [-0.05, 0) is 74.4 Å². The van der Waals surface area contributed by atoms with Gasteiger partial charge in [-0.3, -0.25) is 9.59 Å².